The van der Waals surface area contributed by atoms with Crippen molar-refractivity contribution in [3.05, 3.63) is 60.3 Å². The zero-order valence-electron chi connectivity index (χ0n) is 16.4. The van der Waals surface area contributed by atoms with Gasteiger partial charge in [0.05, 0.1) is 30.3 Å². The Kier molecular flexibility index (Phi) is 4.81. The van der Waals surface area contributed by atoms with E-state index in [1.54, 1.807) is 22.0 Å². The van der Waals surface area contributed by atoms with Crippen LogP contribution in [0.4, 0.5) is 11.5 Å². The smallest absolute Gasteiger partial charge is 0.279 e. The number of hydrogen-bond donors (Lipinski definition) is 0. The molecule has 28 heavy (non-hydrogen) atoms. The van der Waals surface area contributed by atoms with Gasteiger partial charge < -0.3 is 9.80 Å². The number of anilines is 2. The third-order valence-corrected chi connectivity index (χ3v) is 4.81. The molecule has 0 bridgehead atoms. The monoisotopic (exact) mass is 376 g/mol. The lowest BCUT2D eigenvalue weighted by Gasteiger charge is -2.24. The quantitative estimate of drug-likeness (QED) is 0.660. The molecule has 0 saturated carbocycles. The maximum absolute atomic E-state index is 12.7. The van der Waals surface area contributed by atoms with Crippen molar-refractivity contribution in [3.63, 3.8) is 0 Å². The summed E-state index contributed by atoms with van der Waals surface area (Å²) in [6, 6.07) is 7.71. The topological polar surface area (TPSA) is 67.2 Å². The maximum atomic E-state index is 12.7. The molecule has 0 aliphatic carbocycles. The Morgan fingerprint density at radius 2 is 2.04 bits per heavy atom. The summed E-state index contributed by atoms with van der Waals surface area (Å²) < 4.78 is 1.73. The Hall–Kier alpha value is -3.22. The number of nitrogens with zero attached hydrogens (tertiary/aromatic N) is 6. The Morgan fingerprint density at radius 1 is 1.18 bits per heavy atom. The van der Waals surface area contributed by atoms with Crippen LogP contribution in [-0.2, 0) is 6.54 Å². The molecule has 0 radical (unpaired) electrons. The zero-order chi connectivity index (χ0) is 19.7. The number of pyridine rings is 2. The Labute approximate surface area is 164 Å². The molecule has 0 atom stereocenters. The second-order valence-electron chi connectivity index (χ2n) is 7.36. The first-order valence-corrected chi connectivity index (χ1v) is 9.58. The minimum absolute atomic E-state index is 0.0968. The van der Waals surface area contributed by atoms with Gasteiger partial charge in [-0.2, -0.15) is 5.10 Å². The molecule has 4 heterocycles. The fraction of sp³-hybridized carbons (Fsp3) is 0.333. The molecule has 3 aromatic heterocycles. The van der Waals surface area contributed by atoms with E-state index >= 15 is 0 Å². The first-order chi connectivity index (χ1) is 13.6. The fourth-order valence-electron chi connectivity index (χ4n) is 3.46. The molecule has 4 rings (SSSR count). The second-order valence-corrected chi connectivity index (χ2v) is 7.36. The van der Waals surface area contributed by atoms with Crippen molar-refractivity contribution in [2.45, 2.75) is 27.3 Å². The molecular weight excluding hydrogens is 352 g/mol. The van der Waals surface area contributed by atoms with Crippen molar-refractivity contribution in [2.75, 3.05) is 22.9 Å². The molecule has 7 heteroatoms. The van der Waals surface area contributed by atoms with Crippen molar-refractivity contribution in [1.82, 2.24) is 19.7 Å². The summed E-state index contributed by atoms with van der Waals surface area (Å²) in [4.78, 5) is 25.4. The summed E-state index contributed by atoms with van der Waals surface area (Å²) >= 11 is 0. The normalized spacial score (nSPS) is 13.3. The molecule has 0 unspecified atom stereocenters. The summed E-state index contributed by atoms with van der Waals surface area (Å²) in [5.74, 6) is 1.43. The SMILES string of the molecule is CCN(CC(C)C)c1ccc(-n2cc3c(n2)C(=O)N(c2cccnc2)C3)cn1. The lowest BCUT2D eigenvalue weighted by Crippen LogP contribution is -2.28. The number of amides is 1. The summed E-state index contributed by atoms with van der Waals surface area (Å²) in [5.41, 5.74) is 3.03. The van der Waals surface area contributed by atoms with Crippen molar-refractivity contribution in [3.8, 4) is 5.69 Å². The first kappa shape index (κ1) is 18.2. The van der Waals surface area contributed by atoms with Crippen LogP contribution < -0.4 is 9.80 Å². The summed E-state index contributed by atoms with van der Waals surface area (Å²) in [5, 5.41) is 4.51. The fourth-order valence-corrected chi connectivity index (χ4v) is 3.46. The molecule has 144 valence electrons. The average molecular weight is 376 g/mol. The van der Waals surface area contributed by atoms with Gasteiger partial charge in [0.15, 0.2) is 5.69 Å². The van der Waals surface area contributed by atoms with Gasteiger partial charge in [-0.3, -0.25) is 9.78 Å². The van der Waals surface area contributed by atoms with Crippen LogP contribution in [0.2, 0.25) is 0 Å². The van der Waals surface area contributed by atoms with E-state index in [2.05, 4.69) is 40.7 Å². The van der Waals surface area contributed by atoms with Crippen LogP contribution in [0, 0.1) is 5.92 Å². The maximum Gasteiger partial charge on any atom is 0.279 e. The van der Waals surface area contributed by atoms with Crippen LogP contribution in [0.3, 0.4) is 0 Å². The molecule has 0 N–H and O–H groups in total. The van der Waals surface area contributed by atoms with Crippen molar-refractivity contribution < 1.29 is 4.79 Å². The van der Waals surface area contributed by atoms with Gasteiger partial charge >= 0.3 is 0 Å². The van der Waals surface area contributed by atoms with Crippen LogP contribution in [-0.4, -0.2) is 38.7 Å². The predicted molar refractivity (Wildman–Crippen MR) is 109 cm³/mol. The van der Waals surface area contributed by atoms with Crippen LogP contribution in [0.25, 0.3) is 5.69 Å². The zero-order valence-corrected chi connectivity index (χ0v) is 16.4. The molecule has 1 amide bonds. The van der Waals surface area contributed by atoms with E-state index < -0.39 is 0 Å². The van der Waals surface area contributed by atoms with Gasteiger partial charge in [-0.25, -0.2) is 9.67 Å². The number of aromatic nitrogens is 4. The van der Waals surface area contributed by atoms with Crippen LogP contribution >= 0.6 is 0 Å². The predicted octanol–water partition coefficient (Wildman–Crippen LogP) is 3.31. The minimum atomic E-state index is -0.0968. The average Bonchev–Trinajstić information content (AvgIpc) is 3.26. The third kappa shape index (κ3) is 3.35. The second kappa shape index (κ2) is 7.42. The standard InChI is InChI=1S/C21H24N6O/c1-4-25(12-15(2)3)19-8-7-18(11-23-19)27-14-16-13-26(21(28)20(16)24-27)17-6-5-9-22-10-17/h5-11,14-15H,4,12-13H2,1-3H3. The number of carbonyl (C=O) groups is 1. The van der Waals surface area contributed by atoms with E-state index in [9.17, 15) is 4.79 Å². The van der Waals surface area contributed by atoms with Gasteiger partial charge in [-0.15, -0.1) is 0 Å². The summed E-state index contributed by atoms with van der Waals surface area (Å²) in [6.45, 7) is 8.93. The largest absolute Gasteiger partial charge is 0.357 e. The van der Waals surface area contributed by atoms with Gasteiger partial charge in [0.1, 0.15) is 5.82 Å². The molecular formula is C21H24N6O. The Balaban J connectivity index is 1.54. The summed E-state index contributed by atoms with van der Waals surface area (Å²) in [6.07, 6.45) is 7.11. The van der Waals surface area contributed by atoms with Crippen LogP contribution in [0.5, 0.6) is 0 Å². The van der Waals surface area contributed by atoms with Crippen molar-refractivity contribution in [2.24, 2.45) is 5.92 Å². The highest BCUT2D eigenvalue weighted by Gasteiger charge is 2.32. The molecule has 0 fully saturated rings. The molecule has 0 saturated heterocycles. The summed E-state index contributed by atoms with van der Waals surface area (Å²) in [7, 11) is 0. The van der Waals surface area contributed by atoms with Crippen LogP contribution in [0.15, 0.2) is 49.1 Å². The number of fused-ring (bicyclic) bond motifs is 1. The molecule has 0 spiro atoms. The van der Waals surface area contributed by atoms with E-state index in [4.69, 9.17) is 0 Å². The first-order valence-electron chi connectivity index (χ1n) is 9.58. The molecule has 1 aliphatic heterocycles. The van der Waals surface area contributed by atoms with Gasteiger partial charge in [0, 0.05) is 31.0 Å². The third-order valence-electron chi connectivity index (χ3n) is 4.81. The van der Waals surface area contributed by atoms with E-state index in [-0.39, 0.29) is 5.91 Å². The molecule has 7 nitrogen and oxygen atoms in total. The van der Waals surface area contributed by atoms with E-state index in [0.29, 0.717) is 18.2 Å². The highest BCUT2D eigenvalue weighted by molar-refractivity contribution is 6.08. The van der Waals surface area contributed by atoms with Gasteiger partial charge in [-0.1, -0.05) is 13.8 Å². The van der Waals surface area contributed by atoms with Gasteiger partial charge in [0.2, 0.25) is 0 Å². The van der Waals surface area contributed by atoms with Crippen molar-refractivity contribution >= 4 is 17.4 Å². The number of carbonyl (C=O) groups excluding carboxylic acids is 1. The Bertz CT molecular complexity index is 964. The number of hydrogen-bond acceptors (Lipinski definition) is 5. The van der Waals surface area contributed by atoms with Gasteiger partial charge in [-0.05, 0) is 37.1 Å². The lowest BCUT2D eigenvalue weighted by molar-refractivity contribution is 0.0991. The van der Waals surface area contributed by atoms with Crippen molar-refractivity contribution in [1.29, 1.82) is 0 Å². The lowest BCUT2D eigenvalue weighted by atomic mass is 10.2. The molecule has 0 aromatic carbocycles. The van der Waals surface area contributed by atoms with E-state index in [1.165, 1.54) is 0 Å². The molecule has 1 aliphatic rings. The highest BCUT2D eigenvalue weighted by Crippen LogP contribution is 2.27. The minimum Gasteiger partial charge on any atom is -0.357 e. The highest BCUT2D eigenvalue weighted by atomic mass is 16.2. The van der Waals surface area contributed by atoms with E-state index in [0.717, 1.165) is 35.8 Å². The van der Waals surface area contributed by atoms with E-state index in [1.807, 2.05) is 36.7 Å². The molecule has 3 aromatic rings. The van der Waals surface area contributed by atoms with Gasteiger partial charge in [0.25, 0.3) is 5.91 Å². The Morgan fingerprint density at radius 3 is 2.64 bits per heavy atom. The van der Waals surface area contributed by atoms with Crippen LogP contribution in [0.1, 0.15) is 36.8 Å². The number of rotatable bonds is 6.